The Hall–Kier alpha value is -1.91. The maximum Gasteiger partial charge on any atom is 0.197 e. The molecule has 0 aliphatic rings. The number of rotatable bonds is 2. The number of hydrogen-bond acceptors (Lipinski definition) is 4. The largest absolute Gasteiger partial charge is 0.493 e. The van der Waals surface area contributed by atoms with E-state index in [2.05, 4.69) is 4.98 Å². The molecule has 0 bridgehead atoms. The lowest BCUT2D eigenvalue weighted by Crippen LogP contribution is -1.93. The van der Waals surface area contributed by atoms with Crippen molar-refractivity contribution < 1.29 is 18.3 Å². The Kier molecular flexibility index (Phi) is 2.15. The van der Waals surface area contributed by atoms with Crippen LogP contribution in [0.1, 0.15) is 16.2 Å². The van der Waals surface area contributed by atoms with Crippen molar-refractivity contribution in [1.29, 1.82) is 0 Å². The number of hydrogen-bond donors (Lipinski definition) is 0. The zero-order valence-corrected chi connectivity index (χ0v) is 8.20. The van der Waals surface area contributed by atoms with Crippen LogP contribution in [-0.4, -0.2) is 18.4 Å². The Morgan fingerprint density at radius 2 is 2.33 bits per heavy atom. The summed E-state index contributed by atoms with van der Waals surface area (Å²) >= 11 is 0. The molecule has 0 N–H and O–H groups in total. The molecule has 0 saturated carbocycles. The number of aldehydes is 1. The van der Waals surface area contributed by atoms with Crippen LogP contribution in [0.5, 0.6) is 5.75 Å². The molecule has 5 heteroatoms. The Bertz CT molecular complexity index is 533. The first-order chi connectivity index (χ1) is 7.17. The zero-order valence-electron chi connectivity index (χ0n) is 8.20. The van der Waals surface area contributed by atoms with E-state index in [9.17, 15) is 9.18 Å². The monoisotopic (exact) mass is 209 g/mol. The number of nitrogens with zero attached hydrogens (tertiary/aromatic N) is 1. The summed E-state index contributed by atoms with van der Waals surface area (Å²) in [4.78, 5) is 14.6. The van der Waals surface area contributed by atoms with Gasteiger partial charge in [0, 0.05) is 13.0 Å². The molecule has 1 heterocycles. The van der Waals surface area contributed by atoms with Crippen molar-refractivity contribution in [3.8, 4) is 5.75 Å². The van der Waals surface area contributed by atoms with Crippen LogP contribution in [0.3, 0.4) is 0 Å². The molecule has 0 unspecified atom stereocenters. The van der Waals surface area contributed by atoms with Crippen molar-refractivity contribution in [2.45, 2.75) is 6.92 Å². The Labute approximate surface area is 84.7 Å². The predicted molar refractivity (Wildman–Crippen MR) is 50.6 cm³/mol. The fourth-order valence-corrected chi connectivity index (χ4v) is 1.41. The number of methoxy groups -OCH3 is 1. The fraction of sp³-hybridized carbons (Fsp3) is 0.200. The van der Waals surface area contributed by atoms with E-state index in [-0.39, 0.29) is 16.8 Å². The minimum atomic E-state index is -0.664. The second-order valence-corrected chi connectivity index (χ2v) is 3.00. The molecular formula is C10H8FNO3. The van der Waals surface area contributed by atoms with Gasteiger partial charge in [0.1, 0.15) is 11.3 Å². The molecule has 0 spiro atoms. The summed E-state index contributed by atoms with van der Waals surface area (Å²) in [5, 5.41) is 0. The highest BCUT2D eigenvalue weighted by Gasteiger charge is 2.17. The fourth-order valence-electron chi connectivity index (χ4n) is 1.41. The molecule has 0 aliphatic heterocycles. The molecule has 2 rings (SSSR count). The number of aryl methyl sites for hydroxylation is 1. The molecule has 78 valence electrons. The Morgan fingerprint density at radius 3 is 2.93 bits per heavy atom. The number of oxazole rings is 1. The number of aromatic nitrogens is 1. The van der Waals surface area contributed by atoms with Gasteiger partial charge in [-0.3, -0.25) is 4.79 Å². The van der Waals surface area contributed by atoms with Crippen LogP contribution in [0.4, 0.5) is 4.39 Å². The van der Waals surface area contributed by atoms with Crippen LogP contribution < -0.4 is 4.74 Å². The average Bonchev–Trinajstić information content (AvgIpc) is 2.58. The normalized spacial score (nSPS) is 10.6. The smallest absolute Gasteiger partial charge is 0.197 e. The van der Waals surface area contributed by atoms with Crippen molar-refractivity contribution >= 4 is 17.4 Å². The summed E-state index contributed by atoms with van der Waals surface area (Å²) in [7, 11) is 1.40. The standard InChI is InChI=1S/C10H8FNO3/c1-5-12-9-6(4-13)7(11)3-8(14-2)10(9)15-5/h3-4H,1-2H3. The van der Waals surface area contributed by atoms with Gasteiger partial charge in [-0.2, -0.15) is 0 Å². The first-order valence-electron chi connectivity index (χ1n) is 4.26. The van der Waals surface area contributed by atoms with Gasteiger partial charge < -0.3 is 9.15 Å². The molecule has 15 heavy (non-hydrogen) atoms. The number of ether oxygens (including phenoxy) is 1. The van der Waals surface area contributed by atoms with Crippen molar-refractivity contribution in [3.05, 3.63) is 23.3 Å². The van der Waals surface area contributed by atoms with Gasteiger partial charge in [0.15, 0.2) is 23.5 Å². The second-order valence-electron chi connectivity index (χ2n) is 3.00. The van der Waals surface area contributed by atoms with E-state index < -0.39 is 5.82 Å². The van der Waals surface area contributed by atoms with E-state index in [1.165, 1.54) is 7.11 Å². The van der Waals surface area contributed by atoms with E-state index in [1.54, 1.807) is 6.92 Å². The quantitative estimate of drug-likeness (QED) is 0.710. The lowest BCUT2D eigenvalue weighted by molar-refractivity contribution is 0.112. The van der Waals surface area contributed by atoms with Crippen molar-refractivity contribution in [2.75, 3.05) is 7.11 Å². The van der Waals surface area contributed by atoms with Gasteiger partial charge in [-0.25, -0.2) is 9.37 Å². The first-order valence-corrected chi connectivity index (χ1v) is 4.26. The maximum atomic E-state index is 13.4. The molecule has 0 aliphatic carbocycles. The number of halogens is 1. The summed E-state index contributed by atoms with van der Waals surface area (Å²) < 4.78 is 23.5. The number of benzene rings is 1. The van der Waals surface area contributed by atoms with Gasteiger partial charge in [-0.05, 0) is 0 Å². The van der Waals surface area contributed by atoms with E-state index in [0.29, 0.717) is 17.8 Å². The third-order valence-corrected chi connectivity index (χ3v) is 2.07. The highest BCUT2D eigenvalue weighted by Crippen LogP contribution is 2.30. The minimum Gasteiger partial charge on any atom is -0.493 e. The first kappa shape index (κ1) is 9.64. The highest BCUT2D eigenvalue weighted by molar-refractivity contribution is 5.96. The Morgan fingerprint density at radius 1 is 1.60 bits per heavy atom. The molecule has 0 atom stereocenters. The van der Waals surface area contributed by atoms with Gasteiger partial charge >= 0.3 is 0 Å². The van der Waals surface area contributed by atoms with Gasteiger partial charge in [-0.1, -0.05) is 0 Å². The van der Waals surface area contributed by atoms with Gasteiger partial charge in [0.05, 0.1) is 12.7 Å². The van der Waals surface area contributed by atoms with Gasteiger partial charge in [0.25, 0.3) is 0 Å². The zero-order chi connectivity index (χ0) is 11.0. The van der Waals surface area contributed by atoms with Crippen LogP contribution >= 0.6 is 0 Å². The van der Waals surface area contributed by atoms with E-state index >= 15 is 0 Å². The molecule has 0 saturated heterocycles. The van der Waals surface area contributed by atoms with E-state index in [4.69, 9.17) is 9.15 Å². The minimum absolute atomic E-state index is 0.109. The van der Waals surface area contributed by atoms with Crippen molar-refractivity contribution in [1.82, 2.24) is 4.98 Å². The van der Waals surface area contributed by atoms with Gasteiger partial charge in [-0.15, -0.1) is 0 Å². The van der Waals surface area contributed by atoms with Crippen LogP contribution in [0.25, 0.3) is 11.1 Å². The van der Waals surface area contributed by atoms with E-state index in [1.807, 2.05) is 0 Å². The number of carbonyl (C=O) groups is 1. The van der Waals surface area contributed by atoms with Crippen LogP contribution in [0.2, 0.25) is 0 Å². The summed E-state index contributed by atoms with van der Waals surface area (Å²) in [5.74, 6) is -0.0756. The number of fused-ring (bicyclic) bond motifs is 1. The highest BCUT2D eigenvalue weighted by atomic mass is 19.1. The van der Waals surface area contributed by atoms with Crippen LogP contribution in [-0.2, 0) is 0 Å². The Balaban J connectivity index is 2.91. The van der Waals surface area contributed by atoms with Crippen molar-refractivity contribution in [2.24, 2.45) is 0 Å². The maximum absolute atomic E-state index is 13.4. The van der Waals surface area contributed by atoms with Crippen LogP contribution in [0.15, 0.2) is 10.5 Å². The van der Waals surface area contributed by atoms with Gasteiger partial charge in [0.2, 0.25) is 0 Å². The third kappa shape index (κ3) is 1.36. The van der Waals surface area contributed by atoms with Crippen LogP contribution in [0, 0.1) is 12.7 Å². The number of carbonyl (C=O) groups excluding carboxylic acids is 1. The summed E-state index contributed by atoms with van der Waals surface area (Å²) in [6.07, 6.45) is 0.416. The molecule has 0 fully saturated rings. The molecule has 2 aromatic rings. The topological polar surface area (TPSA) is 52.3 Å². The van der Waals surface area contributed by atoms with Crippen molar-refractivity contribution in [3.63, 3.8) is 0 Å². The molecule has 0 radical (unpaired) electrons. The van der Waals surface area contributed by atoms with E-state index in [0.717, 1.165) is 6.07 Å². The molecule has 1 aromatic heterocycles. The summed E-state index contributed by atoms with van der Waals surface area (Å²) in [6.45, 7) is 1.62. The predicted octanol–water partition coefficient (Wildman–Crippen LogP) is 2.10. The molecule has 1 aromatic carbocycles. The SMILES string of the molecule is COc1cc(F)c(C=O)c2nc(C)oc12. The molecular weight excluding hydrogens is 201 g/mol. The average molecular weight is 209 g/mol. The third-order valence-electron chi connectivity index (χ3n) is 2.07. The summed E-state index contributed by atoms with van der Waals surface area (Å²) in [5.41, 5.74) is 0.375. The lowest BCUT2D eigenvalue weighted by Gasteiger charge is -2.01. The summed E-state index contributed by atoms with van der Waals surface area (Å²) in [6, 6.07) is 1.11. The molecule has 4 nitrogen and oxygen atoms in total. The molecule has 0 amide bonds. The second kappa shape index (κ2) is 3.34. The lowest BCUT2D eigenvalue weighted by atomic mass is 10.2.